The van der Waals surface area contributed by atoms with Crippen LogP contribution >= 0.6 is 0 Å². The van der Waals surface area contributed by atoms with E-state index in [9.17, 15) is 0 Å². The summed E-state index contributed by atoms with van der Waals surface area (Å²) in [5, 5.41) is 3.44. The van der Waals surface area contributed by atoms with Crippen LogP contribution in [0.5, 0.6) is 0 Å². The first kappa shape index (κ1) is 7.56. The summed E-state index contributed by atoms with van der Waals surface area (Å²) in [6.45, 7) is 2.39. The topological polar surface area (TPSA) is 38.0 Å². The lowest BCUT2D eigenvalue weighted by Crippen LogP contribution is -2.33. The maximum Gasteiger partial charge on any atom is 0.00824 e. The van der Waals surface area contributed by atoms with Gasteiger partial charge < -0.3 is 11.1 Å². The number of rotatable bonds is 0. The van der Waals surface area contributed by atoms with E-state index in [1.807, 2.05) is 0 Å². The van der Waals surface area contributed by atoms with Crippen LogP contribution in [0.4, 0.5) is 0 Å². The monoisotopic (exact) mass is 154 g/mol. The summed E-state index contributed by atoms with van der Waals surface area (Å²) in [6.07, 6.45) is 5.42. The van der Waals surface area contributed by atoms with Crippen molar-refractivity contribution in [1.29, 1.82) is 0 Å². The highest BCUT2D eigenvalue weighted by Crippen LogP contribution is 2.30. The Balaban J connectivity index is 2.03. The molecule has 2 nitrogen and oxygen atoms in total. The van der Waals surface area contributed by atoms with E-state index >= 15 is 0 Å². The van der Waals surface area contributed by atoms with E-state index in [2.05, 4.69) is 5.32 Å². The van der Waals surface area contributed by atoms with Crippen molar-refractivity contribution < 1.29 is 0 Å². The van der Waals surface area contributed by atoms with Crippen molar-refractivity contribution in [2.45, 2.75) is 31.7 Å². The largest absolute Gasteiger partial charge is 0.327 e. The lowest BCUT2D eigenvalue weighted by atomic mass is 9.88. The van der Waals surface area contributed by atoms with Gasteiger partial charge in [0.2, 0.25) is 0 Å². The zero-order valence-electron chi connectivity index (χ0n) is 7.05. The van der Waals surface area contributed by atoms with Crippen molar-refractivity contribution in [3.05, 3.63) is 0 Å². The van der Waals surface area contributed by atoms with Crippen LogP contribution in [-0.4, -0.2) is 19.1 Å². The first-order valence-electron chi connectivity index (χ1n) is 4.84. The van der Waals surface area contributed by atoms with Crippen molar-refractivity contribution in [3.63, 3.8) is 0 Å². The number of hydrogen-bond acceptors (Lipinski definition) is 2. The summed E-state index contributed by atoms with van der Waals surface area (Å²) in [7, 11) is 0. The van der Waals surface area contributed by atoms with E-state index in [1.165, 1.54) is 38.8 Å². The van der Waals surface area contributed by atoms with Crippen molar-refractivity contribution in [2.75, 3.05) is 13.1 Å². The van der Waals surface area contributed by atoms with Crippen LogP contribution in [0.2, 0.25) is 0 Å². The Kier molecular flexibility index (Phi) is 2.14. The second-order valence-electron chi connectivity index (χ2n) is 4.03. The van der Waals surface area contributed by atoms with E-state index in [-0.39, 0.29) is 0 Å². The highest BCUT2D eigenvalue weighted by Gasteiger charge is 2.32. The first-order valence-corrected chi connectivity index (χ1v) is 4.84. The molecule has 2 rings (SSSR count). The molecule has 0 amide bonds. The molecule has 64 valence electrons. The summed E-state index contributed by atoms with van der Waals surface area (Å²) in [4.78, 5) is 0. The van der Waals surface area contributed by atoms with Gasteiger partial charge in [0.25, 0.3) is 0 Å². The molecule has 1 heterocycles. The molecule has 0 aromatic heterocycles. The minimum absolute atomic E-state index is 0.484. The van der Waals surface area contributed by atoms with E-state index < -0.39 is 0 Å². The number of fused-ring (bicyclic) bond motifs is 1. The van der Waals surface area contributed by atoms with Gasteiger partial charge >= 0.3 is 0 Å². The second-order valence-corrected chi connectivity index (χ2v) is 4.03. The van der Waals surface area contributed by atoms with Gasteiger partial charge in [0.05, 0.1) is 0 Å². The fraction of sp³-hybridized carbons (Fsp3) is 1.00. The SMILES string of the molecule is N[C@H]1CCCC[C@H]2CNC[C@@H]21. The highest BCUT2D eigenvalue weighted by atomic mass is 14.9. The van der Waals surface area contributed by atoms with Crippen LogP contribution in [0.25, 0.3) is 0 Å². The van der Waals surface area contributed by atoms with Crippen LogP contribution in [-0.2, 0) is 0 Å². The van der Waals surface area contributed by atoms with Gasteiger partial charge in [0, 0.05) is 6.04 Å². The van der Waals surface area contributed by atoms with E-state index in [1.54, 1.807) is 0 Å². The molecule has 2 heteroatoms. The van der Waals surface area contributed by atoms with Gasteiger partial charge in [-0.15, -0.1) is 0 Å². The normalized spacial score (nSPS) is 45.0. The molecular formula is C9H18N2. The number of nitrogens with two attached hydrogens (primary N) is 1. The smallest absolute Gasteiger partial charge is 0.00824 e. The molecule has 1 saturated heterocycles. The van der Waals surface area contributed by atoms with Gasteiger partial charge in [-0.1, -0.05) is 12.8 Å². The average Bonchev–Trinajstić information content (AvgIpc) is 2.40. The number of nitrogens with one attached hydrogen (secondary N) is 1. The van der Waals surface area contributed by atoms with Gasteiger partial charge in [0.1, 0.15) is 0 Å². The van der Waals surface area contributed by atoms with Crippen LogP contribution in [0, 0.1) is 11.8 Å². The summed E-state index contributed by atoms with van der Waals surface area (Å²) >= 11 is 0. The van der Waals surface area contributed by atoms with Crippen molar-refractivity contribution >= 4 is 0 Å². The van der Waals surface area contributed by atoms with Gasteiger partial charge in [-0.2, -0.15) is 0 Å². The molecule has 0 unspecified atom stereocenters. The molecule has 0 aromatic rings. The zero-order valence-corrected chi connectivity index (χ0v) is 7.05. The molecule has 0 radical (unpaired) electrons. The summed E-state index contributed by atoms with van der Waals surface area (Å²) in [6, 6.07) is 0.484. The fourth-order valence-electron chi connectivity index (χ4n) is 2.57. The van der Waals surface area contributed by atoms with E-state index in [4.69, 9.17) is 5.73 Å². The second kappa shape index (κ2) is 3.11. The molecule has 0 bridgehead atoms. The van der Waals surface area contributed by atoms with Gasteiger partial charge in [-0.3, -0.25) is 0 Å². The Labute approximate surface area is 68.5 Å². The van der Waals surface area contributed by atoms with Crippen molar-refractivity contribution in [3.8, 4) is 0 Å². The maximum atomic E-state index is 6.08. The van der Waals surface area contributed by atoms with Gasteiger partial charge in [-0.05, 0) is 37.8 Å². The average molecular weight is 154 g/mol. The molecule has 11 heavy (non-hydrogen) atoms. The molecule has 3 atom stereocenters. The third-order valence-electron chi connectivity index (χ3n) is 3.30. The van der Waals surface area contributed by atoms with Crippen molar-refractivity contribution in [2.24, 2.45) is 17.6 Å². The summed E-state index contributed by atoms with van der Waals surface area (Å²) in [5.41, 5.74) is 6.08. The summed E-state index contributed by atoms with van der Waals surface area (Å²) < 4.78 is 0. The Bertz CT molecular complexity index is 136. The molecule has 0 aromatic carbocycles. The molecule has 3 N–H and O–H groups in total. The lowest BCUT2D eigenvalue weighted by Gasteiger charge is -2.20. The van der Waals surface area contributed by atoms with Crippen LogP contribution < -0.4 is 11.1 Å². The molecule has 2 aliphatic rings. The Morgan fingerprint density at radius 2 is 1.91 bits per heavy atom. The van der Waals surface area contributed by atoms with E-state index in [0.29, 0.717) is 6.04 Å². The minimum Gasteiger partial charge on any atom is -0.327 e. The Morgan fingerprint density at radius 3 is 2.82 bits per heavy atom. The minimum atomic E-state index is 0.484. The van der Waals surface area contributed by atoms with Crippen LogP contribution in [0.3, 0.4) is 0 Å². The highest BCUT2D eigenvalue weighted by molar-refractivity contribution is 4.89. The third-order valence-corrected chi connectivity index (χ3v) is 3.30. The van der Waals surface area contributed by atoms with E-state index in [0.717, 1.165) is 11.8 Å². The van der Waals surface area contributed by atoms with Crippen LogP contribution in [0.1, 0.15) is 25.7 Å². The molecule has 1 saturated carbocycles. The standard InChI is InChI=1S/C9H18N2/c10-9-4-2-1-3-7-5-11-6-8(7)9/h7-9,11H,1-6,10H2/t7-,8-,9-/m0/s1. The van der Waals surface area contributed by atoms with Gasteiger partial charge in [0.15, 0.2) is 0 Å². The van der Waals surface area contributed by atoms with Crippen molar-refractivity contribution in [1.82, 2.24) is 5.32 Å². The van der Waals surface area contributed by atoms with Gasteiger partial charge in [-0.25, -0.2) is 0 Å². The number of hydrogen-bond donors (Lipinski definition) is 2. The fourth-order valence-corrected chi connectivity index (χ4v) is 2.57. The predicted octanol–water partition coefficient (Wildman–Crippen LogP) is 0.723. The lowest BCUT2D eigenvalue weighted by molar-refractivity contribution is 0.354. The van der Waals surface area contributed by atoms with Crippen LogP contribution in [0.15, 0.2) is 0 Å². The predicted molar refractivity (Wildman–Crippen MR) is 46.3 cm³/mol. The molecule has 2 fully saturated rings. The quantitative estimate of drug-likeness (QED) is 0.539. The maximum absolute atomic E-state index is 6.08. The first-order chi connectivity index (χ1) is 5.38. The summed E-state index contributed by atoms with van der Waals surface area (Å²) in [5.74, 6) is 1.69. The molecule has 0 spiro atoms. The Hall–Kier alpha value is -0.0800. The zero-order chi connectivity index (χ0) is 7.68. The molecule has 1 aliphatic heterocycles. The molecular weight excluding hydrogens is 136 g/mol. The Morgan fingerprint density at radius 1 is 1.09 bits per heavy atom. The third kappa shape index (κ3) is 1.42. The molecule has 1 aliphatic carbocycles.